The van der Waals surface area contributed by atoms with E-state index in [4.69, 9.17) is 9.97 Å². The molecule has 1 aliphatic rings. The van der Waals surface area contributed by atoms with E-state index in [1.165, 1.54) is 76.8 Å². The second-order valence-electron chi connectivity index (χ2n) is 16.1. The predicted molar refractivity (Wildman–Crippen MR) is 243 cm³/mol. The van der Waals surface area contributed by atoms with Crippen molar-refractivity contribution in [3.05, 3.63) is 199 Å². The van der Waals surface area contributed by atoms with Crippen molar-refractivity contribution >= 4 is 54.3 Å². The first-order valence-corrected chi connectivity index (χ1v) is 20.1. The van der Waals surface area contributed by atoms with E-state index >= 15 is 0 Å². The molecule has 0 aliphatic heterocycles. The second-order valence-corrected chi connectivity index (χ2v) is 16.1. The summed E-state index contributed by atoms with van der Waals surface area (Å²) >= 11 is 0. The van der Waals surface area contributed by atoms with E-state index in [-0.39, 0.29) is 5.41 Å². The molecule has 0 radical (unpaired) electrons. The quantitative estimate of drug-likeness (QED) is 0.168. The van der Waals surface area contributed by atoms with Gasteiger partial charge in [0.15, 0.2) is 0 Å². The summed E-state index contributed by atoms with van der Waals surface area (Å²) in [5.74, 6) is 0.680. The highest BCUT2D eigenvalue weighted by atomic mass is 15.2. The predicted octanol–water partition coefficient (Wildman–Crippen LogP) is 14.3. The summed E-state index contributed by atoms with van der Waals surface area (Å²) in [6, 6.07) is 68.3. The lowest BCUT2D eigenvalue weighted by Gasteiger charge is -2.35. The summed E-state index contributed by atoms with van der Waals surface area (Å²) in [7, 11) is 0. The molecule has 2 aromatic heterocycles. The summed E-state index contributed by atoms with van der Waals surface area (Å²) in [5, 5.41) is 8.48. The number of fused-ring (bicyclic) bond motifs is 7. The Labute approximate surface area is 336 Å². The van der Waals surface area contributed by atoms with Gasteiger partial charge in [0.1, 0.15) is 0 Å². The van der Waals surface area contributed by atoms with Gasteiger partial charge in [-0.3, -0.25) is 4.57 Å². The van der Waals surface area contributed by atoms with Gasteiger partial charge in [0, 0.05) is 27.1 Å². The smallest absolute Gasteiger partial charge is 0.235 e. The van der Waals surface area contributed by atoms with Gasteiger partial charge in [-0.25, -0.2) is 9.97 Å². The van der Waals surface area contributed by atoms with E-state index in [0.29, 0.717) is 5.95 Å². The molecule has 12 rings (SSSR count). The van der Waals surface area contributed by atoms with E-state index in [9.17, 15) is 0 Å². The van der Waals surface area contributed by atoms with Crippen LogP contribution < -0.4 is 0 Å². The van der Waals surface area contributed by atoms with E-state index in [1.807, 2.05) is 0 Å². The zero-order valence-electron chi connectivity index (χ0n) is 32.2. The number of hydrogen-bond acceptors (Lipinski definition) is 2. The van der Waals surface area contributed by atoms with Gasteiger partial charge >= 0.3 is 0 Å². The Kier molecular flexibility index (Phi) is 6.98. The maximum atomic E-state index is 5.54. The fourth-order valence-corrected chi connectivity index (χ4v) is 9.91. The summed E-state index contributed by atoms with van der Waals surface area (Å²) in [6.07, 6.45) is 0. The molecule has 11 aromatic rings. The molecule has 0 N–H and O–H groups in total. The monoisotopic (exact) mass is 739 g/mol. The number of nitrogens with zero attached hydrogens (tertiary/aromatic N) is 3. The summed E-state index contributed by atoms with van der Waals surface area (Å²) in [6.45, 7) is 4.66. The Balaban J connectivity index is 1.10. The highest BCUT2D eigenvalue weighted by Gasteiger charge is 2.35. The number of benzene rings is 9. The molecule has 272 valence electrons. The molecule has 0 fully saturated rings. The molecule has 0 unspecified atom stereocenters. The van der Waals surface area contributed by atoms with Gasteiger partial charge in [-0.1, -0.05) is 172 Å². The maximum Gasteiger partial charge on any atom is 0.235 e. The van der Waals surface area contributed by atoms with Gasteiger partial charge < -0.3 is 0 Å². The second kappa shape index (κ2) is 12.3. The first kappa shape index (κ1) is 32.8. The molecule has 0 bridgehead atoms. The van der Waals surface area contributed by atoms with Gasteiger partial charge in [0.2, 0.25) is 5.95 Å². The van der Waals surface area contributed by atoms with Gasteiger partial charge in [-0.2, -0.15) is 0 Å². The molecular formula is C55H37N3. The van der Waals surface area contributed by atoms with Crippen molar-refractivity contribution in [2.75, 3.05) is 0 Å². The largest absolute Gasteiger partial charge is 0.278 e. The van der Waals surface area contributed by atoms with Crippen molar-refractivity contribution in [1.29, 1.82) is 0 Å². The lowest BCUT2D eigenvalue weighted by Crippen LogP contribution is -2.24. The molecule has 9 aromatic carbocycles. The number of hydrogen-bond donors (Lipinski definition) is 0. The minimum atomic E-state index is -0.228. The van der Waals surface area contributed by atoms with Crippen LogP contribution in [0, 0.1) is 0 Å². The Hall–Kier alpha value is -7.36. The normalized spacial score (nSPS) is 13.1. The van der Waals surface area contributed by atoms with Gasteiger partial charge in [-0.15, -0.1) is 0 Å². The van der Waals surface area contributed by atoms with Gasteiger partial charge in [-0.05, 0) is 96.4 Å². The fourth-order valence-electron chi connectivity index (χ4n) is 9.91. The van der Waals surface area contributed by atoms with Crippen LogP contribution in [0.3, 0.4) is 0 Å². The Morgan fingerprint density at radius 1 is 0.397 bits per heavy atom. The maximum absolute atomic E-state index is 5.54. The molecule has 58 heavy (non-hydrogen) atoms. The van der Waals surface area contributed by atoms with Crippen molar-refractivity contribution in [3.8, 4) is 50.6 Å². The van der Waals surface area contributed by atoms with Crippen LogP contribution in [0.15, 0.2) is 188 Å². The zero-order chi connectivity index (χ0) is 38.5. The SMILES string of the molecule is CC1(C)c2cc(-c3ccccc3)ccc2-c2nc(-n3c4ccccc4c4cc(-c5c6ccccc6c(-c6ccccc6)c6ccccc56)ccc43)nc3cccc1c23. The summed E-state index contributed by atoms with van der Waals surface area (Å²) in [4.78, 5) is 10.9. The minimum absolute atomic E-state index is 0.228. The van der Waals surface area contributed by atoms with Crippen LogP contribution in [0.4, 0.5) is 0 Å². The molecule has 1 aliphatic carbocycles. The molecule has 0 amide bonds. The molecule has 3 heteroatoms. The molecule has 0 saturated carbocycles. The van der Waals surface area contributed by atoms with Crippen LogP contribution in [0.25, 0.3) is 105 Å². The third kappa shape index (κ3) is 4.68. The Morgan fingerprint density at radius 2 is 0.966 bits per heavy atom. The van der Waals surface area contributed by atoms with E-state index in [2.05, 4.69) is 206 Å². The average molecular weight is 740 g/mol. The molecule has 0 atom stereocenters. The third-order valence-electron chi connectivity index (χ3n) is 12.6. The topological polar surface area (TPSA) is 30.7 Å². The van der Waals surface area contributed by atoms with Crippen LogP contribution >= 0.6 is 0 Å². The van der Waals surface area contributed by atoms with Crippen LogP contribution in [-0.2, 0) is 5.41 Å². The Morgan fingerprint density at radius 3 is 1.66 bits per heavy atom. The van der Waals surface area contributed by atoms with Crippen molar-refractivity contribution in [1.82, 2.24) is 14.5 Å². The highest BCUT2D eigenvalue weighted by Crippen LogP contribution is 2.50. The average Bonchev–Trinajstić information content (AvgIpc) is 3.61. The zero-order valence-corrected chi connectivity index (χ0v) is 32.2. The lowest BCUT2D eigenvalue weighted by molar-refractivity contribution is 0.644. The first-order valence-electron chi connectivity index (χ1n) is 20.1. The standard InChI is InChI=1S/C55H37N3/c1-55(2)45-25-15-26-47-52(45)53(43-30-28-36(33-46(43)55)34-16-5-3-6-17-34)57-54(56-47)58-48-27-14-13-20-38(48)44-32-37(29-31-49(44)58)51-41-23-11-9-21-39(41)50(35-18-7-4-8-19-35)40-22-10-12-24-42(40)51/h3-33H,1-2H3. The molecule has 3 nitrogen and oxygen atoms in total. The van der Waals surface area contributed by atoms with Crippen molar-refractivity contribution < 1.29 is 0 Å². The first-order chi connectivity index (χ1) is 28.5. The number of rotatable bonds is 4. The summed E-state index contributed by atoms with van der Waals surface area (Å²) < 4.78 is 2.27. The summed E-state index contributed by atoms with van der Waals surface area (Å²) in [5.41, 5.74) is 15.0. The van der Waals surface area contributed by atoms with E-state index in [1.54, 1.807) is 0 Å². The van der Waals surface area contributed by atoms with Crippen LogP contribution in [0.1, 0.15) is 25.0 Å². The minimum Gasteiger partial charge on any atom is -0.278 e. The Bertz CT molecular complexity index is 3410. The molecular weight excluding hydrogens is 703 g/mol. The lowest BCUT2D eigenvalue weighted by atomic mass is 9.69. The fraction of sp³-hybridized carbons (Fsp3) is 0.0545. The number of aromatic nitrogens is 3. The molecule has 0 spiro atoms. The molecule has 0 saturated heterocycles. The van der Waals surface area contributed by atoms with E-state index < -0.39 is 0 Å². The van der Waals surface area contributed by atoms with Crippen LogP contribution in [0.5, 0.6) is 0 Å². The van der Waals surface area contributed by atoms with Crippen molar-refractivity contribution in [2.24, 2.45) is 0 Å². The van der Waals surface area contributed by atoms with Crippen LogP contribution in [0.2, 0.25) is 0 Å². The highest BCUT2D eigenvalue weighted by molar-refractivity contribution is 6.22. The van der Waals surface area contributed by atoms with Crippen molar-refractivity contribution in [2.45, 2.75) is 19.3 Å². The third-order valence-corrected chi connectivity index (χ3v) is 12.6. The number of para-hydroxylation sites is 1. The van der Waals surface area contributed by atoms with Gasteiger partial charge in [0.25, 0.3) is 0 Å². The van der Waals surface area contributed by atoms with Crippen LogP contribution in [-0.4, -0.2) is 14.5 Å². The molecule has 2 heterocycles. The van der Waals surface area contributed by atoms with Crippen molar-refractivity contribution in [3.63, 3.8) is 0 Å². The van der Waals surface area contributed by atoms with Gasteiger partial charge in [0.05, 0.1) is 22.2 Å². The van der Waals surface area contributed by atoms with E-state index in [0.717, 1.165) is 33.2 Å².